The van der Waals surface area contributed by atoms with Gasteiger partial charge in [0, 0.05) is 76.8 Å². The number of anilines is 4. The van der Waals surface area contributed by atoms with Gasteiger partial charge in [0.15, 0.2) is 0 Å². The predicted molar refractivity (Wildman–Crippen MR) is 227 cm³/mol. The third-order valence-corrected chi connectivity index (χ3v) is 9.80. The zero-order chi connectivity index (χ0) is 39.1. The van der Waals surface area contributed by atoms with E-state index in [4.69, 9.17) is 0 Å². The zero-order valence-corrected chi connectivity index (χ0v) is 33.8. The standard InChI is InChI=1S/C43H59N5O3.C2H6/c1-9-13-14-22-47(12-4)42-40(49)26-37(27-41(42)50)45-43(51)34-16-15-17-35(24-34)44-36-18-19-39-38(25-36)32(7)33(8)48(39)29-31(6)28-46(21-10-2)23-20-30(5)11-3;1-2/h12,14-19,22,24-27,30-31,44,49-50H,4,9-11,13,20-21,23,28-29H2,1-3,5-8H3,(H,45,51);1-2H3/b22-14-;. The number of allylic oxidation sites excluding steroid dienone is 1. The van der Waals surface area contributed by atoms with Gasteiger partial charge in [-0.05, 0) is 100.0 Å². The first kappa shape index (κ1) is 42.7. The minimum absolute atomic E-state index is 0.179. The molecule has 0 fully saturated rings. The molecule has 8 heteroatoms. The van der Waals surface area contributed by atoms with Crippen LogP contribution in [0.2, 0.25) is 0 Å². The van der Waals surface area contributed by atoms with E-state index in [9.17, 15) is 15.0 Å². The molecule has 1 aromatic heterocycles. The molecule has 0 spiro atoms. The molecule has 288 valence electrons. The molecule has 0 saturated carbocycles. The predicted octanol–water partition coefficient (Wildman–Crippen LogP) is 11.7. The van der Waals surface area contributed by atoms with Gasteiger partial charge in [0.25, 0.3) is 5.91 Å². The quantitative estimate of drug-likeness (QED) is 0.0770. The maximum Gasteiger partial charge on any atom is 0.255 e. The molecule has 1 amide bonds. The number of phenolic OH excluding ortho intramolecular Hbond substituents is 2. The summed E-state index contributed by atoms with van der Waals surface area (Å²) in [6.07, 6.45) is 10.7. The summed E-state index contributed by atoms with van der Waals surface area (Å²) in [7, 11) is 0. The number of rotatable bonds is 19. The highest BCUT2D eigenvalue weighted by Gasteiger charge is 2.18. The number of aromatic nitrogens is 1. The van der Waals surface area contributed by atoms with Crippen LogP contribution >= 0.6 is 0 Å². The Hall–Kier alpha value is -4.69. The second kappa shape index (κ2) is 21.1. The number of unbranched alkanes of at least 4 members (excludes halogenated alkanes) is 1. The van der Waals surface area contributed by atoms with Gasteiger partial charge < -0.3 is 35.2 Å². The van der Waals surface area contributed by atoms with Crippen molar-refractivity contribution in [2.75, 3.05) is 35.2 Å². The number of aromatic hydroxyl groups is 2. The molecule has 4 rings (SSSR count). The topological polar surface area (TPSA) is 93.0 Å². The minimum Gasteiger partial charge on any atom is -0.506 e. The van der Waals surface area contributed by atoms with E-state index in [1.165, 1.54) is 66.3 Å². The van der Waals surface area contributed by atoms with Gasteiger partial charge in [-0.15, -0.1) is 0 Å². The van der Waals surface area contributed by atoms with Crippen molar-refractivity contribution < 1.29 is 15.0 Å². The molecule has 0 radical (unpaired) electrons. The van der Waals surface area contributed by atoms with Crippen molar-refractivity contribution in [1.82, 2.24) is 9.47 Å². The first-order valence-electron chi connectivity index (χ1n) is 19.6. The highest BCUT2D eigenvalue weighted by atomic mass is 16.3. The number of nitrogens with zero attached hydrogens (tertiary/aromatic N) is 3. The molecule has 4 N–H and O–H groups in total. The molecule has 2 atom stereocenters. The van der Waals surface area contributed by atoms with Crippen LogP contribution in [0, 0.1) is 25.7 Å². The van der Waals surface area contributed by atoms with Crippen LogP contribution in [-0.4, -0.2) is 45.2 Å². The maximum absolute atomic E-state index is 13.3. The number of benzene rings is 3. The largest absolute Gasteiger partial charge is 0.506 e. The van der Waals surface area contributed by atoms with Crippen LogP contribution in [-0.2, 0) is 6.54 Å². The fourth-order valence-corrected chi connectivity index (χ4v) is 6.62. The van der Waals surface area contributed by atoms with E-state index in [1.807, 2.05) is 32.1 Å². The monoisotopic (exact) mass is 724 g/mol. The summed E-state index contributed by atoms with van der Waals surface area (Å²) >= 11 is 0. The fraction of sp³-hybridized carbons (Fsp3) is 0.444. The van der Waals surface area contributed by atoms with Crippen LogP contribution < -0.4 is 15.5 Å². The number of hydrogen-bond donors (Lipinski definition) is 4. The lowest BCUT2D eigenvalue weighted by molar-refractivity contribution is 0.102. The van der Waals surface area contributed by atoms with E-state index >= 15 is 0 Å². The van der Waals surface area contributed by atoms with E-state index in [1.54, 1.807) is 23.2 Å². The van der Waals surface area contributed by atoms with E-state index in [0.29, 0.717) is 11.5 Å². The van der Waals surface area contributed by atoms with E-state index in [0.717, 1.165) is 49.8 Å². The van der Waals surface area contributed by atoms with Gasteiger partial charge in [-0.2, -0.15) is 0 Å². The van der Waals surface area contributed by atoms with Crippen molar-refractivity contribution in [2.24, 2.45) is 11.8 Å². The fourth-order valence-electron chi connectivity index (χ4n) is 6.62. The Morgan fingerprint density at radius 1 is 0.906 bits per heavy atom. The Balaban J connectivity index is 0.00000372. The lowest BCUT2D eigenvalue weighted by Gasteiger charge is -2.27. The highest BCUT2D eigenvalue weighted by molar-refractivity contribution is 6.05. The molecule has 2 unspecified atom stereocenters. The maximum atomic E-state index is 13.3. The minimum atomic E-state index is -0.362. The second-order valence-corrected chi connectivity index (χ2v) is 14.0. The van der Waals surface area contributed by atoms with Gasteiger partial charge in [-0.1, -0.05) is 80.0 Å². The van der Waals surface area contributed by atoms with Crippen LogP contribution in [0.1, 0.15) is 102 Å². The molecule has 3 aromatic carbocycles. The van der Waals surface area contributed by atoms with Gasteiger partial charge in [-0.25, -0.2) is 0 Å². The summed E-state index contributed by atoms with van der Waals surface area (Å²) < 4.78 is 2.48. The molecule has 0 saturated heterocycles. The van der Waals surface area contributed by atoms with Crippen LogP contribution in [0.5, 0.6) is 11.5 Å². The van der Waals surface area contributed by atoms with Crippen molar-refractivity contribution in [3.05, 3.63) is 96.5 Å². The number of phenols is 2. The average Bonchev–Trinajstić information content (AvgIpc) is 3.37. The van der Waals surface area contributed by atoms with E-state index < -0.39 is 0 Å². The zero-order valence-electron chi connectivity index (χ0n) is 33.8. The number of fused-ring (bicyclic) bond motifs is 1. The van der Waals surface area contributed by atoms with Crippen LogP contribution in [0.25, 0.3) is 10.9 Å². The summed E-state index contributed by atoms with van der Waals surface area (Å²) in [6.45, 7) is 27.9. The average molecular weight is 724 g/mol. The van der Waals surface area contributed by atoms with E-state index in [-0.39, 0.29) is 28.8 Å². The number of carbonyl (C=O) groups is 1. The van der Waals surface area contributed by atoms with Gasteiger partial charge in [0.05, 0.1) is 0 Å². The number of amides is 1. The number of aryl methyl sites for hydroxylation is 1. The lowest BCUT2D eigenvalue weighted by Crippen LogP contribution is -2.32. The van der Waals surface area contributed by atoms with Crippen molar-refractivity contribution in [3.8, 4) is 11.5 Å². The molecule has 53 heavy (non-hydrogen) atoms. The van der Waals surface area contributed by atoms with Gasteiger partial charge in [-0.3, -0.25) is 4.79 Å². The Morgan fingerprint density at radius 3 is 2.25 bits per heavy atom. The third kappa shape index (κ3) is 11.6. The summed E-state index contributed by atoms with van der Waals surface area (Å²) in [5.41, 5.74) is 6.44. The third-order valence-electron chi connectivity index (χ3n) is 9.80. The SMILES string of the molecule is C=CN(/C=C\CCC)c1c(O)cc(NC(=O)c2cccc(Nc3ccc4c(c3)c(C)c(C)n4CC(C)CN(CCC)CCC(C)CC)c2)cc1O.CC. The normalized spacial score (nSPS) is 12.4. The lowest BCUT2D eigenvalue weighted by atomic mass is 10.0. The first-order valence-corrected chi connectivity index (χ1v) is 19.6. The Bertz CT molecular complexity index is 1790. The Morgan fingerprint density at radius 2 is 1.60 bits per heavy atom. The molecular weight excluding hydrogens is 659 g/mol. The van der Waals surface area contributed by atoms with E-state index in [2.05, 4.69) is 93.3 Å². The summed E-state index contributed by atoms with van der Waals surface area (Å²) in [5, 5.41) is 29.0. The van der Waals surface area contributed by atoms with Crippen molar-refractivity contribution >= 4 is 39.6 Å². The molecule has 0 aliphatic heterocycles. The van der Waals surface area contributed by atoms with Crippen LogP contribution in [0.3, 0.4) is 0 Å². The molecule has 4 aromatic rings. The molecule has 0 aliphatic rings. The van der Waals surface area contributed by atoms with Crippen LogP contribution in [0.15, 0.2) is 79.7 Å². The Labute approximate surface area is 319 Å². The van der Waals surface area contributed by atoms with Crippen LogP contribution in [0.4, 0.5) is 22.7 Å². The highest BCUT2D eigenvalue weighted by Crippen LogP contribution is 2.40. The van der Waals surface area contributed by atoms with Gasteiger partial charge in [0.1, 0.15) is 17.2 Å². The number of nitrogens with one attached hydrogen (secondary N) is 2. The summed E-state index contributed by atoms with van der Waals surface area (Å²) in [6, 6.07) is 16.6. The summed E-state index contributed by atoms with van der Waals surface area (Å²) in [4.78, 5) is 17.5. The van der Waals surface area contributed by atoms with Gasteiger partial charge >= 0.3 is 0 Å². The second-order valence-electron chi connectivity index (χ2n) is 14.0. The number of hydrogen-bond acceptors (Lipinski definition) is 6. The molecule has 1 heterocycles. The van der Waals surface area contributed by atoms with Gasteiger partial charge in [0.2, 0.25) is 0 Å². The molecule has 0 aliphatic carbocycles. The smallest absolute Gasteiger partial charge is 0.255 e. The van der Waals surface area contributed by atoms with Crippen molar-refractivity contribution in [1.29, 1.82) is 0 Å². The molecular formula is C45H65N5O3. The van der Waals surface area contributed by atoms with Crippen molar-refractivity contribution in [3.63, 3.8) is 0 Å². The molecule has 8 nitrogen and oxygen atoms in total. The molecule has 0 bridgehead atoms. The van der Waals surface area contributed by atoms with Crippen molar-refractivity contribution in [2.45, 2.75) is 101 Å². The first-order chi connectivity index (χ1) is 25.5. The Kier molecular flexibility index (Phi) is 17.0. The summed E-state index contributed by atoms with van der Waals surface area (Å²) in [5.74, 6) is 0.568. The number of carbonyl (C=O) groups excluding carboxylic acids is 1.